The molecule has 1 aliphatic rings. The average molecular weight is 414 g/mol. The molecule has 1 aliphatic heterocycles. The fraction of sp³-hybridized carbons (Fsp3) is 0.393. The van der Waals surface area contributed by atoms with Gasteiger partial charge in [-0.25, -0.2) is 4.99 Å². The van der Waals surface area contributed by atoms with Crippen LogP contribution in [-0.4, -0.2) is 17.1 Å². The average Bonchev–Trinajstić information content (AvgIpc) is 3.21. The van der Waals surface area contributed by atoms with Crippen LogP contribution in [0.1, 0.15) is 64.8 Å². The van der Waals surface area contributed by atoms with Crippen molar-refractivity contribution >= 4 is 28.5 Å². The summed E-state index contributed by atoms with van der Waals surface area (Å²) in [6.45, 7) is 21.3. The highest BCUT2D eigenvalue weighted by Crippen LogP contribution is 2.32. The van der Waals surface area contributed by atoms with Crippen LogP contribution in [-0.2, 0) is 0 Å². The molecule has 3 nitrogen and oxygen atoms in total. The topological polar surface area (TPSA) is 37.1 Å². The van der Waals surface area contributed by atoms with Crippen molar-refractivity contribution in [1.82, 2.24) is 0 Å². The van der Waals surface area contributed by atoms with Crippen molar-refractivity contribution < 1.29 is 0 Å². The number of aliphatic imine (C=N–C) groups is 3. The van der Waals surface area contributed by atoms with E-state index < -0.39 is 0 Å². The van der Waals surface area contributed by atoms with Gasteiger partial charge in [0.1, 0.15) is 0 Å². The number of nitrogens with zero attached hydrogens (tertiary/aromatic N) is 3. The molecule has 2 aromatic rings. The van der Waals surface area contributed by atoms with Gasteiger partial charge in [0, 0.05) is 6.42 Å². The maximum absolute atomic E-state index is 5.00. The van der Waals surface area contributed by atoms with E-state index >= 15 is 0 Å². The summed E-state index contributed by atoms with van der Waals surface area (Å²) in [7, 11) is 0. The van der Waals surface area contributed by atoms with Crippen LogP contribution in [0.2, 0.25) is 0 Å². The van der Waals surface area contributed by atoms with Crippen molar-refractivity contribution in [2.45, 2.75) is 75.7 Å². The Bertz CT molecular complexity index is 1140. The highest BCUT2D eigenvalue weighted by molar-refractivity contribution is 6.43. The third-order valence-electron chi connectivity index (χ3n) is 6.74. The minimum absolute atomic E-state index is 0.797. The fourth-order valence-corrected chi connectivity index (χ4v) is 4.07. The third-order valence-corrected chi connectivity index (χ3v) is 6.74. The third kappa shape index (κ3) is 4.46. The van der Waals surface area contributed by atoms with Crippen LogP contribution in [0, 0.1) is 55.4 Å². The summed E-state index contributed by atoms with van der Waals surface area (Å²) >= 11 is 0. The van der Waals surface area contributed by atoms with Gasteiger partial charge in [0.25, 0.3) is 0 Å². The summed E-state index contributed by atoms with van der Waals surface area (Å²) in [6, 6.07) is 4.48. The van der Waals surface area contributed by atoms with Gasteiger partial charge in [0.2, 0.25) is 0 Å². The highest BCUT2D eigenvalue weighted by Gasteiger charge is 2.16. The van der Waals surface area contributed by atoms with Crippen LogP contribution < -0.4 is 0 Å². The second-order valence-electron chi connectivity index (χ2n) is 8.96. The molecule has 0 spiro atoms. The number of rotatable bonds is 4. The number of hydrogen-bond donors (Lipinski definition) is 0. The molecule has 2 aromatic carbocycles. The zero-order valence-corrected chi connectivity index (χ0v) is 20.8. The summed E-state index contributed by atoms with van der Waals surface area (Å²) in [6.07, 6.45) is 2.97. The number of benzene rings is 2. The fourth-order valence-electron chi connectivity index (χ4n) is 4.07. The summed E-state index contributed by atoms with van der Waals surface area (Å²) in [5.74, 6) is 0. The lowest BCUT2D eigenvalue weighted by Gasteiger charge is -2.13. The molecule has 0 N–H and O–H groups in total. The standard InChI is InChI=1S/C28H35N3/c1-15-13-16(2)20(6)27(19(15)5)29-23(9)25-11-12-26(31-25)24(10)30-28-21(7)17(3)14-18(4)22(28)8/h11,13-14H,12H2,1-10H3/b29-23+,30-24+. The smallest absolute Gasteiger partial charge is 0.0810 e. The van der Waals surface area contributed by atoms with E-state index in [1.54, 1.807) is 0 Å². The predicted molar refractivity (Wildman–Crippen MR) is 136 cm³/mol. The first-order valence-corrected chi connectivity index (χ1v) is 11.0. The SMILES string of the molecule is C/C(=N\c1c(C)c(C)cc(C)c1C)C1=CCC(/C(C)=N/c2c(C)c(C)cc(C)c2C)=N1. The molecule has 0 amide bonds. The van der Waals surface area contributed by atoms with Gasteiger partial charge in [-0.2, -0.15) is 0 Å². The molecular formula is C28H35N3. The van der Waals surface area contributed by atoms with Gasteiger partial charge in [-0.1, -0.05) is 18.2 Å². The molecule has 0 atom stereocenters. The zero-order valence-electron chi connectivity index (χ0n) is 20.8. The van der Waals surface area contributed by atoms with Crippen LogP contribution in [0.3, 0.4) is 0 Å². The second kappa shape index (κ2) is 8.74. The molecule has 0 unspecified atom stereocenters. The van der Waals surface area contributed by atoms with E-state index in [1.165, 1.54) is 44.5 Å². The predicted octanol–water partition coefficient (Wildman–Crippen LogP) is 7.77. The zero-order chi connectivity index (χ0) is 23.0. The quantitative estimate of drug-likeness (QED) is 0.459. The van der Waals surface area contributed by atoms with E-state index in [9.17, 15) is 0 Å². The first-order chi connectivity index (χ1) is 14.5. The minimum atomic E-state index is 0.797. The monoisotopic (exact) mass is 413 g/mol. The number of hydrogen-bond acceptors (Lipinski definition) is 3. The maximum atomic E-state index is 5.00. The van der Waals surface area contributed by atoms with E-state index in [-0.39, 0.29) is 0 Å². The molecule has 3 rings (SSSR count). The van der Waals surface area contributed by atoms with E-state index in [2.05, 4.69) is 87.4 Å². The summed E-state index contributed by atoms with van der Waals surface area (Å²) in [5.41, 5.74) is 16.2. The lowest BCUT2D eigenvalue weighted by Crippen LogP contribution is -2.07. The lowest BCUT2D eigenvalue weighted by molar-refractivity contribution is 1.22. The van der Waals surface area contributed by atoms with E-state index in [4.69, 9.17) is 15.0 Å². The highest BCUT2D eigenvalue weighted by atomic mass is 14.9. The van der Waals surface area contributed by atoms with Crippen molar-refractivity contribution in [3.8, 4) is 0 Å². The van der Waals surface area contributed by atoms with Crippen LogP contribution in [0.5, 0.6) is 0 Å². The maximum Gasteiger partial charge on any atom is 0.0810 e. The second-order valence-corrected chi connectivity index (χ2v) is 8.96. The molecule has 0 aromatic heterocycles. The molecule has 0 saturated carbocycles. The summed E-state index contributed by atoms with van der Waals surface area (Å²) < 4.78 is 0. The van der Waals surface area contributed by atoms with Crippen molar-refractivity contribution in [3.63, 3.8) is 0 Å². The van der Waals surface area contributed by atoms with Gasteiger partial charge in [-0.05, 0) is 114 Å². The molecule has 162 valence electrons. The van der Waals surface area contributed by atoms with E-state index in [1.807, 2.05) is 0 Å². The van der Waals surface area contributed by atoms with Crippen LogP contribution >= 0.6 is 0 Å². The van der Waals surface area contributed by atoms with Gasteiger partial charge < -0.3 is 0 Å². The molecule has 1 heterocycles. The van der Waals surface area contributed by atoms with Crippen molar-refractivity contribution in [2.75, 3.05) is 0 Å². The Kier molecular flexibility index (Phi) is 6.45. The van der Waals surface area contributed by atoms with E-state index in [0.717, 1.165) is 40.6 Å². The largest absolute Gasteiger partial charge is 0.251 e. The van der Waals surface area contributed by atoms with Gasteiger partial charge >= 0.3 is 0 Å². The Morgan fingerprint density at radius 2 is 1.03 bits per heavy atom. The molecule has 0 bridgehead atoms. The first-order valence-electron chi connectivity index (χ1n) is 11.0. The number of aryl methyl sites for hydroxylation is 4. The Morgan fingerprint density at radius 1 is 0.645 bits per heavy atom. The van der Waals surface area contributed by atoms with Gasteiger partial charge in [0.15, 0.2) is 0 Å². The molecule has 0 fully saturated rings. The lowest BCUT2D eigenvalue weighted by atomic mass is 9.99. The van der Waals surface area contributed by atoms with Gasteiger partial charge in [-0.3, -0.25) is 9.98 Å². The van der Waals surface area contributed by atoms with Crippen molar-refractivity contribution in [2.24, 2.45) is 15.0 Å². The van der Waals surface area contributed by atoms with Crippen LogP contribution in [0.25, 0.3) is 0 Å². The van der Waals surface area contributed by atoms with Gasteiger partial charge in [0.05, 0.1) is 34.2 Å². The summed E-state index contributed by atoms with van der Waals surface area (Å²) in [4.78, 5) is 14.9. The Hall–Kier alpha value is -2.81. The molecule has 0 aliphatic carbocycles. The van der Waals surface area contributed by atoms with Crippen molar-refractivity contribution in [1.29, 1.82) is 0 Å². The molecule has 0 radical (unpaired) electrons. The Morgan fingerprint density at radius 3 is 1.45 bits per heavy atom. The van der Waals surface area contributed by atoms with Gasteiger partial charge in [-0.15, -0.1) is 0 Å². The van der Waals surface area contributed by atoms with E-state index in [0.29, 0.717) is 0 Å². The van der Waals surface area contributed by atoms with Crippen LogP contribution in [0.4, 0.5) is 11.4 Å². The molecule has 0 saturated heterocycles. The minimum Gasteiger partial charge on any atom is -0.251 e. The summed E-state index contributed by atoms with van der Waals surface area (Å²) in [5, 5.41) is 0. The normalized spacial score (nSPS) is 14.8. The Labute approximate surface area is 187 Å². The molecule has 31 heavy (non-hydrogen) atoms. The van der Waals surface area contributed by atoms with Crippen molar-refractivity contribution in [3.05, 3.63) is 68.4 Å². The first kappa shape index (κ1) is 22.9. The number of allylic oxidation sites excluding steroid dienone is 2. The molecule has 3 heteroatoms. The van der Waals surface area contributed by atoms with Crippen LogP contribution in [0.15, 0.2) is 38.9 Å². The Balaban J connectivity index is 1.95. The molecular weight excluding hydrogens is 378 g/mol.